The van der Waals surface area contributed by atoms with Crippen molar-refractivity contribution in [2.45, 2.75) is 169 Å². The lowest BCUT2D eigenvalue weighted by Crippen LogP contribution is -2.21. The first kappa shape index (κ1) is 118. The van der Waals surface area contributed by atoms with Gasteiger partial charge in [-0.25, -0.2) is 0 Å². The first-order valence-electron chi connectivity index (χ1n) is 52.4. The fourth-order valence-electron chi connectivity index (χ4n) is 16.2. The maximum Gasteiger partial charge on any atom is 0.151 e. The minimum absolute atomic E-state index is 0.315. The van der Waals surface area contributed by atoms with E-state index >= 15 is 0 Å². The van der Waals surface area contributed by atoms with Crippen LogP contribution in [0, 0.1) is 74.1 Å². The van der Waals surface area contributed by atoms with E-state index < -0.39 is 0 Å². The van der Waals surface area contributed by atoms with Crippen LogP contribution in [0.4, 0.5) is 56.9 Å². The Morgan fingerprint density at radius 3 is 0.693 bits per heavy atom. The van der Waals surface area contributed by atoms with Crippen LogP contribution in [0.15, 0.2) is 394 Å². The molecule has 5 aliphatic heterocycles. The number of rotatable bonds is 11. The molecule has 0 radical (unpaired) electrons. The van der Waals surface area contributed by atoms with E-state index in [-0.39, 0.29) is 0 Å². The summed E-state index contributed by atoms with van der Waals surface area (Å²) in [5.41, 5.74) is 15.8. The maximum atomic E-state index is 5.84. The molecule has 0 saturated carbocycles. The lowest BCUT2D eigenvalue weighted by Gasteiger charge is -2.31. The summed E-state index contributed by atoms with van der Waals surface area (Å²) in [6, 6.07) is 133. The van der Waals surface area contributed by atoms with Crippen molar-refractivity contribution in [3.8, 4) is 137 Å². The molecular formula is C139H149N5O6. The number of hydrogen-bond acceptors (Lipinski definition) is 11. The summed E-state index contributed by atoms with van der Waals surface area (Å²) in [6.45, 7) is 45.0. The first-order chi connectivity index (χ1) is 73.5. The smallest absolute Gasteiger partial charge is 0.151 e. The lowest BCUT2D eigenvalue weighted by molar-refractivity contribution is 0.371. The van der Waals surface area contributed by atoms with E-state index in [2.05, 4.69) is 263 Å². The minimum atomic E-state index is 0.315. The predicted molar refractivity (Wildman–Crippen MR) is 646 cm³/mol. The highest BCUT2D eigenvalue weighted by Gasteiger charge is 2.28. The second kappa shape index (κ2) is 64.5. The van der Waals surface area contributed by atoms with Gasteiger partial charge in [0.1, 0.15) is 12.4 Å². The number of hydrogen-bond donors (Lipinski definition) is 0. The molecule has 17 aromatic rings. The molecule has 5 heterocycles. The number of ether oxygens (including phenoxy) is 6. The molecular weight excluding hydrogens is 1840 g/mol. The number of anilines is 10. The Bertz CT molecular complexity index is 6390. The molecule has 0 N–H and O–H groups in total. The van der Waals surface area contributed by atoms with Gasteiger partial charge in [-0.05, 0) is 212 Å². The standard InChI is InChI=1S/C16H16O.5C15H11NO.2C13H14.C9H12.C3H8.5C2H6/c1-4-9-17-16-8-7-14-10-13(12(2)3)5-6-15(14)11-16;5*1-2-11-16-12-7-3-5-9-14(12)17-15-10-6-4-8-13(15)16;1-10(2)12-9-5-7-11-6-3-4-8-13(11)12;1-10(2)12-8-7-11-5-3-4-6-13(11)9-12;1-8(2)9-6-4-3-5-7-9;1-3-2;5*1-2/h1,5-8,10-12H,9H2,2-3H3;5*1,3-10H,11H2;2*3-10H,1-2H3;3-8H,1-2H3;3H2,1-2H3;5*1-2H3. The molecule has 0 atom stereocenters. The van der Waals surface area contributed by atoms with Crippen LogP contribution < -0.4 is 52.9 Å². The van der Waals surface area contributed by atoms with Crippen LogP contribution >= 0.6 is 0 Å². The summed E-state index contributed by atoms with van der Waals surface area (Å²) in [6.07, 6.45) is 33.6. The van der Waals surface area contributed by atoms with E-state index in [1.807, 2.05) is 330 Å². The van der Waals surface area contributed by atoms with Gasteiger partial charge in [0.2, 0.25) is 0 Å². The van der Waals surface area contributed by atoms with Gasteiger partial charge in [-0.3, -0.25) is 0 Å². The third kappa shape index (κ3) is 32.8. The van der Waals surface area contributed by atoms with Crippen LogP contribution in [0.1, 0.15) is 191 Å². The van der Waals surface area contributed by atoms with E-state index in [4.69, 9.17) is 67.0 Å². The highest BCUT2D eigenvalue weighted by molar-refractivity contribution is 5.89. The van der Waals surface area contributed by atoms with Gasteiger partial charge in [0.15, 0.2) is 57.5 Å². The first-order valence-corrected chi connectivity index (χ1v) is 52.4. The third-order valence-corrected chi connectivity index (χ3v) is 23.1. The number of terminal acetylenes is 6. The summed E-state index contributed by atoms with van der Waals surface area (Å²) in [5, 5.41) is 7.82. The average molecular weight is 1990 g/mol. The molecule has 0 bridgehead atoms. The number of fused-ring (bicyclic) bond motifs is 13. The Morgan fingerprint density at radius 1 is 0.213 bits per heavy atom. The average Bonchev–Trinajstić information content (AvgIpc) is 0.788. The van der Waals surface area contributed by atoms with Crippen molar-refractivity contribution in [1.82, 2.24) is 0 Å². The van der Waals surface area contributed by atoms with Crippen molar-refractivity contribution < 1.29 is 28.4 Å². The van der Waals surface area contributed by atoms with Gasteiger partial charge in [-0.15, -0.1) is 38.5 Å². The highest BCUT2D eigenvalue weighted by atomic mass is 16.5. The molecule has 0 spiro atoms. The molecule has 0 amide bonds. The Balaban J connectivity index is 0.000000203. The van der Waals surface area contributed by atoms with Crippen LogP contribution in [0.2, 0.25) is 0 Å². The van der Waals surface area contributed by atoms with Gasteiger partial charge >= 0.3 is 0 Å². The third-order valence-electron chi connectivity index (χ3n) is 23.1. The molecule has 11 nitrogen and oxygen atoms in total. The summed E-state index contributed by atoms with van der Waals surface area (Å²) < 4.78 is 34.6. The van der Waals surface area contributed by atoms with Crippen molar-refractivity contribution in [2.24, 2.45) is 0 Å². The maximum absolute atomic E-state index is 5.84. The molecule has 766 valence electrons. The molecule has 22 rings (SSSR count). The largest absolute Gasteiger partial charge is 0.481 e. The SMILES string of the molecule is C#CCN1c2ccccc2Oc2ccccc21.C#CCN1c2ccccc2Oc2ccccc21.C#CCN1c2ccccc2Oc2ccccc21.C#CCN1c2ccccc2Oc2ccccc21.C#CCN1c2ccccc2Oc2ccccc21.C#CCOc1ccc2cc(C(C)C)ccc2c1.CC.CC.CC.CC.CC.CC(C)c1ccc2ccccc2c1.CC(C)c1cccc2ccccc12.CC(C)c1ccccc1.CCC. The Hall–Kier alpha value is -17.3. The normalized spacial score (nSPS) is 10.9. The van der Waals surface area contributed by atoms with Gasteiger partial charge in [0.05, 0.1) is 89.6 Å². The van der Waals surface area contributed by atoms with Crippen molar-refractivity contribution >= 4 is 89.2 Å². The number of benzene rings is 17. The van der Waals surface area contributed by atoms with Crippen LogP contribution in [-0.4, -0.2) is 39.3 Å². The monoisotopic (exact) mass is 1980 g/mol. The topological polar surface area (TPSA) is 71.6 Å². The van der Waals surface area contributed by atoms with Gasteiger partial charge in [0, 0.05) is 0 Å². The lowest BCUT2D eigenvalue weighted by atomic mass is 9.96. The second-order valence-electron chi connectivity index (χ2n) is 34.3. The quantitative estimate of drug-likeness (QED) is 0.116. The van der Waals surface area contributed by atoms with Crippen LogP contribution in [0.3, 0.4) is 0 Å². The van der Waals surface area contributed by atoms with E-state index in [9.17, 15) is 0 Å². The van der Waals surface area contributed by atoms with Gasteiger partial charge in [-0.1, -0.05) is 441 Å². The molecule has 0 unspecified atom stereocenters. The molecule has 150 heavy (non-hydrogen) atoms. The zero-order valence-electron chi connectivity index (χ0n) is 91.4. The van der Waals surface area contributed by atoms with Crippen molar-refractivity contribution in [2.75, 3.05) is 63.8 Å². The fourth-order valence-corrected chi connectivity index (χ4v) is 16.2. The van der Waals surface area contributed by atoms with Gasteiger partial charge in [0.25, 0.3) is 0 Å². The Morgan fingerprint density at radius 2 is 0.433 bits per heavy atom. The Labute approximate surface area is 897 Å². The Kier molecular flexibility index (Phi) is 50.7. The van der Waals surface area contributed by atoms with Crippen molar-refractivity contribution in [3.05, 3.63) is 417 Å². The van der Waals surface area contributed by atoms with Gasteiger partial charge in [-0.2, -0.15) is 0 Å². The summed E-state index contributed by atoms with van der Waals surface area (Å²) in [5.74, 6) is 27.7. The van der Waals surface area contributed by atoms with Crippen LogP contribution in [-0.2, 0) is 0 Å². The summed E-state index contributed by atoms with van der Waals surface area (Å²) in [7, 11) is 0. The summed E-state index contributed by atoms with van der Waals surface area (Å²) in [4.78, 5) is 10.5. The zero-order valence-corrected chi connectivity index (χ0v) is 91.4. The summed E-state index contributed by atoms with van der Waals surface area (Å²) >= 11 is 0. The molecule has 0 aromatic heterocycles. The molecule has 5 aliphatic rings. The molecule has 0 aliphatic carbocycles. The fraction of sp³-hybridized carbons (Fsp3) is 0.223. The van der Waals surface area contributed by atoms with Crippen LogP contribution in [0.25, 0.3) is 32.3 Å². The molecule has 17 aromatic carbocycles. The minimum Gasteiger partial charge on any atom is -0.481 e. The molecule has 0 saturated heterocycles. The van der Waals surface area contributed by atoms with E-state index in [1.165, 1.54) is 61.0 Å². The van der Waals surface area contributed by atoms with E-state index in [1.54, 1.807) is 0 Å². The van der Waals surface area contributed by atoms with Gasteiger partial charge < -0.3 is 52.9 Å². The highest BCUT2D eigenvalue weighted by Crippen LogP contribution is 2.51. The number of nitrogens with zero attached hydrogens (tertiary/aromatic N) is 5. The van der Waals surface area contributed by atoms with E-state index in [0.29, 0.717) is 63.0 Å². The second-order valence-corrected chi connectivity index (χ2v) is 34.3. The zero-order chi connectivity index (χ0) is 108. The molecule has 0 fully saturated rings. The van der Waals surface area contributed by atoms with E-state index in [0.717, 1.165) is 120 Å². The van der Waals surface area contributed by atoms with Crippen molar-refractivity contribution in [1.29, 1.82) is 0 Å². The molecule has 11 heteroatoms. The predicted octanol–water partition coefficient (Wildman–Crippen LogP) is 39.1. The van der Waals surface area contributed by atoms with Crippen LogP contribution in [0.5, 0.6) is 63.2 Å². The number of para-hydroxylation sites is 20. The van der Waals surface area contributed by atoms with Crippen molar-refractivity contribution in [3.63, 3.8) is 0 Å².